The topological polar surface area (TPSA) is 121 Å². The van der Waals surface area contributed by atoms with Gasteiger partial charge in [0, 0.05) is 28.6 Å². The highest BCUT2D eigenvalue weighted by Crippen LogP contribution is 2.23. The fourth-order valence-corrected chi connectivity index (χ4v) is 4.56. The maximum atomic E-state index is 12.7. The second-order valence-electron chi connectivity index (χ2n) is 7.49. The van der Waals surface area contributed by atoms with Crippen molar-refractivity contribution in [3.63, 3.8) is 0 Å². The minimum absolute atomic E-state index is 0.0571. The van der Waals surface area contributed by atoms with Crippen LogP contribution >= 0.6 is 11.3 Å². The van der Waals surface area contributed by atoms with Gasteiger partial charge in [-0.1, -0.05) is 6.07 Å². The van der Waals surface area contributed by atoms with Gasteiger partial charge in [0.2, 0.25) is 10.0 Å². The van der Waals surface area contributed by atoms with Gasteiger partial charge in [-0.15, -0.1) is 11.3 Å². The zero-order valence-corrected chi connectivity index (χ0v) is 20.0. The smallest absolute Gasteiger partial charge is 0.261 e. The van der Waals surface area contributed by atoms with Crippen LogP contribution in [-0.4, -0.2) is 64.2 Å². The quantitative estimate of drug-likeness (QED) is 0.454. The number of nitrogens with zero attached hydrogens (tertiary/aromatic N) is 1. The summed E-state index contributed by atoms with van der Waals surface area (Å²) in [5.74, 6) is 0.218. The van der Waals surface area contributed by atoms with Crippen molar-refractivity contribution in [3.8, 4) is 0 Å². The van der Waals surface area contributed by atoms with Gasteiger partial charge in [0.25, 0.3) is 10.1 Å². The zero-order valence-electron chi connectivity index (χ0n) is 17.5. The first-order valence-electron chi connectivity index (χ1n) is 9.70. The molecule has 2 heterocycles. The van der Waals surface area contributed by atoms with Gasteiger partial charge in [-0.25, -0.2) is 8.42 Å². The number of hydrogen-bond donors (Lipinski definition) is 2. The molecule has 1 fully saturated rings. The number of sulfonamides is 1. The van der Waals surface area contributed by atoms with Gasteiger partial charge in [-0.3, -0.25) is 14.1 Å². The van der Waals surface area contributed by atoms with Crippen LogP contribution < -0.4 is 4.72 Å². The summed E-state index contributed by atoms with van der Waals surface area (Å²) in [6.07, 6.45) is 4.66. The lowest BCUT2D eigenvalue weighted by Gasteiger charge is -2.31. The lowest BCUT2D eigenvalue weighted by atomic mass is 9.89. The number of carbonyl (C=O) groups is 1. The van der Waals surface area contributed by atoms with E-state index in [9.17, 15) is 21.6 Å². The summed E-state index contributed by atoms with van der Waals surface area (Å²) in [5.41, 5.74) is 1.13. The Hall–Kier alpha value is -1.79. The average Bonchev–Trinajstić information content (AvgIpc) is 3.18. The van der Waals surface area contributed by atoms with E-state index in [4.69, 9.17) is 4.55 Å². The number of Topliss-reactive ketones (excluding diaryl/α,β-unsaturated/α-hetero) is 1. The first kappa shape index (κ1) is 25.5. The highest BCUT2D eigenvalue weighted by atomic mass is 32.2. The molecule has 0 unspecified atom stereocenters. The number of rotatable bonds is 7. The van der Waals surface area contributed by atoms with Crippen LogP contribution in [0, 0.1) is 5.92 Å². The lowest BCUT2D eigenvalue weighted by molar-refractivity contribution is 0.0841. The maximum absolute atomic E-state index is 12.7. The molecule has 0 aliphatic carbocycles. The summed E-state index contributed by atoms with van der Waals surface area (Å²) in [4.78, 5) is 16.5. The van der Waals surface area contributed by atoms with E-state index < -0.39 is 20.1 Å². The summed E-state index contributed by atoms with van der Waals surface area (Å²) in [6, 6.07) is 11.0. The predicted octanol–water partition coefficient (Wildman–Crippen LogP) is 2.76. The molecule has 172 valence electrons. The van der Waals surface area contributed by atoms with Gasteiger partial charge in [0.05, 0.1) is 12.5 Å². The van der Waals surface area contributed by atoms with Crippen molar-refractivity contribution in [1.29, 1.82) is 0 Å². The molecule has 0 spiro atoms. The molecule has 0 saturated carbocycles. The van der Waals surface area contributed by atoms with Crippen LogP contribution in [0.25, 0.3) is 0 Å². The van der Waals surface area contributed by atoms with E-state index in [0.29, 0.717) is 17.5 Å². The van der Waals surface area contributed by atoms with E-state index in [1.165, 1.54) is 4.88 Å². The molecular weight excluding hydrogens is 460 g/mol. The minimum atomic E-state index is -3.67. The van der Waals surface area contributed by atoms with Gasteiger partial charge >= 0.3 is 0 Å². The molecule has 2 aromatic rings. The second-order valence-corrected chi connectivity index (χ2v) is 11.7. The number of likely N-dealkylation sites (tertiary alicyclic amines) is 1. The van der Waals surface area contributed by atoms with Gasteiger partial charge < -0.3 is 4.90 Å². The summed E-state index contributed by atoms with van der Waals surface area (Å²) in [5, 5.41) is 2.11. The Morgan fingerprint density at radius 1 is 1.10 bits per heavy atom. The zero-order chi connectivity index (χ0) is 23.1. The van der Waals surface area contributed by atoms with E-state index >= 15 is 0 Å². The van der Waals surface area contributed by atoms with E-state index in [-0.39, 0.29) is 11.7 Å². The Morgan fingerprint density at radius 3 is 2.16 bits per heavy atom. The van der Waals surface area contributed by atoms with Crippen LogP contribution in [0.5, 0.6) is 0 Å². The van der Waals surface area contributed by atoms with Crippen molar-refractivity contribution in [2.45, 2.75) is 19.3 Å². The largest absolute Gasteiger partial charge is 0.303 e. The van der Waals surface area contributed by atoms with E-state index in [0.717, 1.165) is 45.2 Å². The Bertz CT molecular complexity index is 1030. The van der Waals surface area contributed by atoms with Crippen molar-refractivity contribution in [3.05, 3.63) is 52.2 Å². The summed E-state index contributed by atoms with van der Waals surface area (Å²) >= 11 is 1.80. The number of hydrogen-bond acceptors (Lipinski definition) is 7. The molecule has 11 heteroatoms. The van der Waals surface area contributed by atoms with Crippen molar-refractivity contribution < 1.29 is 26.2 Å². The van der Waals surface area contributed by atoms with Crippen molar-refractivity contribution in [1.82, 2.24) is 4.90 Å². The molecular formula is C20H28N2O6S3. The molecule has 0 radical (unpaired) electrons. The SMILES string of the molecule is CS(=O)(=O)Nc1ccc(C(=O)C2CCN(CCc3cccs3)CC2)cc1.CS(=O)(=O)O. The van der Waals surface area contributed by atoms with Crippen LogP contribution in [-0.2, 0) is 26.6 Å². The first-order valence-corrected chi connectivity index (χ1v) is 14.3. The second kappa shape index (κ2) is 11.2. The van der Waals surface area contributed by atoms with Crippen molar-refractivity contribution in [2.24, 2.45) is 5.92 Å². The monoisotopic (exact) mass is 488 g/mol. The number of ketones is 1. The lowest BCUT2D eigenvalue weighted by Crippen LogP contribution is -2.37. The highest BCUT2D eigenvalue weighted by molar-refractivity contribution is 7.92. The molecule has 1 aromatic carbocycles. The molecule has 1 aromatic heterocycles. The molecule has 0 bridgehead atoms. The molecule has 1 aliphatic heterocycles. The molecule has 1 saturated heterocycles. The fraction of sp³-hybridized carbons (Fsp3) is 0.450. The van der Waals surface area contributed by atoms with Crippen LogP contribution in [0.1, 0.15) is 28.1 Å². The van der Waals surface area contributed by atoms with E-state index in [2.05, 4.69) is 27.1 Å². The van der Waals surface area contributed by atoms with Crippen LogP contribution in [0.15, 0.2) is 41.8 Å². The Balaban J connectivity index is 0.000000614. The molecule has 2 N–H and O–H groups in total. The van der Waals surface area contributed by atoms with Crippen LogP contribution in [0.2, 0.25) is 0 Å². The van der Waals surface area contributed by atoms with Gasteiger partial charge in [0.15, 0.2) is 5.78 Å². The Kier molecular flexibility index (Phi) is 9.19. The number of carbonyl (C=O) groups excluding carboxylic acids is 1. The first-order chi connectivity index (χ1) is 14.4. The minimum Gasteiger partial charge on any atom is -0.303 e. The normalized spacial score (nSPS) is 15.7. The number of piperidine rings is 1. The van der Waals surface area contributed by atoms with Crippen LogP contribution in [0.3, 0.4) is 0 Å². The molecule has 31 heavy (non-hydrogen) atoms. The Morgan fingerprint density at radius 2 is 1.68 bits per heavy atom. The third-order valence-electron chi connectivity index (χ3n) is 4.69. The third-order valence-corrected chi connectivity index (χ3v) is 6.23. The average molecular weight is 489 g/mol. The fourth-order valence-electron chi connectivity index (χ4n) is 3.29. The molecule has 1 aliphatic rings. The third kappa shape index (κ3) is 10.4. The summed E-state index contributed by atoms with van der Waals surface area (Å²) in [6.45, 7) is 2.96. The molecule has 3 rings (SSSR count). The number of benzene rings is 1. The summed E-state index contributed by atoms with van der Waals surface area (Å²) < 4.78 is 50.8. The molecule has 0 amide bonds. The van der Waals surface area contributed by atoms with Gasteiger partial charge in [-0.05, 0) is 68.1 Å². The van der Waals surface area contributed by atoms with Crippen LogP contribution in [0.4, 0.5) is 5.69 Å². The van der Waals surface area contributed by atoms with Crippen molar-refractivity contribution >= 4 is 42.9 Å². The van der Waals surface area contributed by atoms with Gasteiger partial charge in [-0.2, -0.15) is 8.42 Å². The van der Waals surface area contributed by atoms with E-state index in [1.807, 2.05) is 0 Å². The Labute approximate surface area is 188 Å². The van der Waals surface area contributed by atoms with Crippen molar-refractivity contribution in [2.75, 3.05) is 36.9 Å². The standard InChI is InChI=1S/C19H24N2O3S2.CH4O3S/c1-26(23,24)20-17-6-4-15(5-7-17)19(22)16-8-11-21(12-9-16)13-10-18-3-2-14-25-18;1-5(2,3)4/h2-7,14,16,20H,8-13H2,1H3;1H3,(H,2,3,4). The van der Waals surface area contributed by atoms with E-state index in [1.54, 1.807) is 35.6 Å². The summed E-state index contributed by atoms with van der Waals surface area (Å²) in [7, 11) is -6.97. The maximum Gasteiger partial charge on any atom is 0.261 e. The highest BCUT2D eigenvalue weighted by Gasteiger charge is 2.25. The number of thiophene rings is 1. The molecule has 8 nitrogen and oxygen atoms in total. The van der Waals surface area contributed by atoms with Gasteiger partial charge in [0.1, 0.15) is 0 Å². The predicted molar refractivity (Wildman–Crippen MR) is 124 cm³/mol. The molecule has 0 atom stereocenters. The number of nitrogens with one attached hydrogen (secondary N) is 1. The number of anilines is 1.